The number of carboxylic acid groups (broad SMARTS) is 1. The predicted octanol–water partition coefficient (Wildman–Crippen LogP) is 1.48. The number of benzene rings is 1. The standard InChI is InChI=1S/C16H16ClNO4/c1-22-12-5-4-10(17)7-11(12)18-15(19)13-8-2-3-9(6-8)14(13)16(20)21/h2-5,7-9,13-14H,6H2,1H3,(H,18,19)(H,20,21)/p-1/t8-,9-,13+,14-/m0/s1. The van der Waals surface area contributed by atoms with Crippen LogP contribution in [0.3, 0.4) is 0 Å². The van der Waals surface area contributed by atoms with Gasteiger partial charge in [-0.1, -0.05) is 23.8 Å². The van der Waals surface area contributed by atoms with E-state index in [0.717, 1.165) is 0 Å². The van der Waals surface area contributed by atoms with E-state index >= 15 is 0 Å². The maximum absolute atomic E-state index is 12.6. The molecule has 1 aromatic rings. The molecule has 116 valence electrons. The largest absolute Gasteiger partial charge is 0.550 e. The molecule has 22 heavy (non-hydrogen) atoms. The summed E-state index contributed by atoms with van der Waals surface area (Å²) in [6, 6.07) is 4.88. The first-order chi connectivity index (χ1) is 10.5. The van der Waals surface area contributed by atoms with E-state index in [2.05, 4.69) is 5.32 Å². The maximum atomic E-state index is 12.6. The van der Waals surface area contributed by atoms with Gasteiger partial charge in [-0.05, 0) is 36.5 Å². The van der Waals surface area contributed by atoms with Crippen LogP contribution in [0.1, 0.15) is 6.42 Å². The third kappa shape index (κ3) is 2.46. The molecule has 1 fully saturated rings. The lowest BCUT2D eigenvalue weighted by Crippen LogP contribution is -2.42. The lowest BCUT2D eigenvalue weighted by atomic mass is 9.82. The van der Waals surface area contributed by atoms with Crippen LogP contribution in [-0.4, -0.2) is 19.0 Å². The quantitative estimate of drug-likeness (QED) is 0.852. The molecule has 1 saturated carbocycles. The smallest absolute Gasteiger partial charge is 0.228 e. The number of hydrogen-bond acceptors (Lipinski definition) is 4. The number of aliphatic carboxylic acids is 1. The number of anilines is 1. The molecule has 0 saturated heterocycles. The minimum atomic E-state index is -1.17. The van der Waals surface area contributed by atoms with Crippen LogP contribution in [0, 0.1) is 23.7 Å². The first-order valence-electron chi connectivity index (χ1n) is 7.05. The second-order valence-corrected chi connectivity index (χ2v) is 6.09. The number of amides is 1. The molecular formula is C16H15ClNO4-. The van der Waals surface area contributed by atoms with E-state index in [1.165, 1.54) is 7.11 Å². The second kappa shape index (κ2) is 5.65. The summed E-state index contributed by atoms with van der Waals surface area (Å²) in [4.78, 5) is 23.9. The van der Waals surface area contributed by atoms with Gasteiger partial charge in [0, 0.05) is 16.9 Å². The summed E-state index contributed by atoms with van der Waals surface area (Å²) in [5.41, 5.74) is 0.434. The Bertz CT molecular complexity index is 658. The maximum Gasteiger partial charge on any atom is 0.228 e. The average Bonchev–Trinajstić information content (AvgIpc) is 3.08. The van der Waals surface area contributed by atoms with Crippen LogP contribution in [-0.2, 0) is 9.59 Å². The summed E-state index contributed by atoms with van der Waals surface area (Å²) in [6.45, 7) is 0. The molecule has 5 nitrogen and oxygen atoms in total. The van der Waals surface area contributed by atoms with Gasteiger partial charge in [-0.15, -0.1) is 0 Å². The minimum Gasteiger partial charge on any atom is -0.550 e. The Morgan fingerprint density at radius 3 is 2.59 bits per heavy atom. The zero-order chi connectivity index (χ0) is 15.9. The van der Waals surface area contributed by atoms with Crippen molar-refractivity contribution in [1.29, 1.82) is 0 Å². The van der Waals surface area contributed by atoms with E-state index in [1.807, 2.05) is 12.2 Å². The lowest BCUT2D eigenvalue weighted by Gasteiger charge is -2.28. The molecule has 6 heteroatoms. The summed E-state index contributed by atoms with van der Waals surface area (Å²) >= 11 is 5.94. The summed E-state index contributed by atoms with van der Waals surface area (Å²) in [7, 11) is 1.49. The number of fused-ring (bicyclic) bond motifs is 2. The number of allylic oxidation sites excluding steroid dienone is 2. The molecule has 0 aromatic heterocycles. The van der Waals surface area contributed by atoms with E-state index in [9.17, 15) is 14.7 Å². The van der Waals surface area contributed by atoms with Crippen molar-refractivity contribution < 1.29 is 19.4 Å². The molecule has 2 bridgehead atoms. The van der Waals surface area contributed by atoms with Gasteiger partial charge in [-0.3, -0.25) is 4.79 Å². The molecule has 0 spiro atoms. The Kier molecular flexibility index (Phi) is 3.83. The van der Waals surface area contributed by atoms with Crippen LogP contribution in [0.4, 0.5) is 5.69 Å². The highest BCUT2D eigenvalue weighted by Gasteiger charge is 2.48. The van der Waals surface area contributed by atoms with E-state index in [4.69, 9.17) is 16.3 Å². The van der Waals surface area contributed by atoms with Gasteiger partial charge < -0.3 is 20.0 Å². The third-order valence-electron chi connectivity index (χ3n) is 4.45. The Hall–Kier alpha value is -2.01. The minimum absolute atomic E-state index is 0.0573. The first kappa shape index (κ1) is 14.9. The Balaban J connectivity index is 1.84. The van der Waals surface area contributed by atoms with Crippen LogP contribution < -0.4 is 15.2 Å². The summed E-state index contributed by atoms with van der Waals surface area (Å²) in [6.07, 6.45) is 4.47. The fourth-order valence-corrected chi connectivity index (χ4v) is 3.67. The van der Waals surface area contributed by atoms with Crippen LogP contribution in [0.5, 0.6) is 5.75 Å². The van der Waals surface area contributed by atoms with Crippen LogP contribution >= 0.6 is 11.6 Å². The fraction of sp³-hybridized carbons (Fsp3) is 0.375. The van der Waals surface area contributed by atoms with Gasteiger partial charge >= 0.3 is 0 Å². The summed E-state index contributed by atoms with van der Waals surface area (Å²) < 4.78 is 5.18. The Labute approximate surface area is 132 Å². The Morgan fingerprint density at radius 2 is 1.95 bits per heavy atom. The number of methoxy groups -OCH3 is 1. The van der Waals surface area contributed by atoms with Gasteiger partial charge in [0.05, 0.1) is 18.7 Å². The monoisotopic (exact) mass is 320 g/mol. The zero-order valence-corrected chi connectivity index (χ0v) is 12.7. The van der Waals surface area contributed by atoms with Gasteiger partial charge in [0.15, 0.2) is 0 Å². The van der Waals surface area contributed by atoms with Crippen molar-refractivity contribution in [3.63, 3.8) is 0 Å². The van der Waals surface area contributed by atoms with Crippen molar-refractivity contribution in [2.24, 2.45) is 23.7 Å². The van der Waals surface area contributed by atoms with Crippen molar-refractivity contribution >= 4 is 29.2 Å². The predicted molar refractivity (Wildman–Crippen MR) is 79.4 cm³/mol. The Morgan fingerprint density at radius 1 is 1.27 bits per heavy atom. The number of carbonyl (C=O) groups excluding carboxylic acids is 2. The molecular weight excluding hydrogens is 306 g/mol. The third-order valence-corrected chi connectivity index (χ3v) is 4.69. The van der Waals surface area contributed by atoms with Gasteiger partial charge in [0.2, 0.25) is 5.91 Å². The van der Waals surface area contributed by atoms with E-state index < -0.39 is 17.8 Å². The van der Waals surface area contributed by atoms with Gasteiger partial charge in [0.1, 0.15) is 5.75 Å². The number of ether oxygens (including phenoxy) is 1. The van der Waals surface area contributed by atoms with Crippen LogP contribution in [0.15, 0.2) is 30.4 Å². The van der Waals surface area contributed by atoms with Crippen LogP contribution in [0.25, 0.3) is 0 Å². The number of hydrogen-bond donors (Lipinski definition) is 1. The zero-order valence-electron chi connectivity index (χ0n) is 11.9. The lowest BCUT2D eigenvalue weighted by molar-refractivity contribution is -0.313. The highest BCUT2D eigenvalue weighted by Crippen LogP contribution is 2.48. The molecule has 1 aromatic carbocycles. The molecule has 0 unspecified atom stereocenters. The van der Waals surface area contributed by atoms with E-state index in [0.29, 0.717) is 22.9 Å². The number of carbonyl (C=O) groups is 2. The van der Waals surface area contributed by atoms with Gasteiger partial charge in [-0.25, -0.2) is 0 Å². The van der Waals surface area contributed by atoms with Crippen LogP contribution in [0.2, 0.25) is 5.02 Å². The fourth-order valence-electron chi connectivity index (χ4n) is 3.49. The van der Waals surface area contributed by atoms with E-state index in [1.54, 1.807) is 18.2 Å². The average molecular weight is 321 g/mol. The van der Waals surface area contributed by atoms with E-state index in [-0.39, 0.29) is 17.7 Å². The summed E-state index contributed by atoms with van der Waals surface area (Å²) in [5.74, 6) is -2.61. The molecule has 1 N–H and O–H groups in total. The second-order valence-electron chi connectivity index (χ2n) is 5.65. The highest BCUT2D eigenvalue weighted by molar-refractivity contribution is 6.31. The number of halogens is 1. The molecule has 1 amide bonds. The molecule has 0 aliphatic heterocycles. The number of nitrogens with one attached hydrogen (secondary N) is 1. The van der Waals surface area contributed by atoms with Crippen molar-refractivity contribution in [2.75, 3.05) is 12.4 Å². The molecule has 2 aliphatic carbocycles. The topological polar surface area (TPSA) is 78.5 Å². The first-order valence-corrected chi connectivity index (χ1v) is 7.42. The molecule has 2 aliphatic rings. The van der Waals surface area contributed by atoms with Crippen molar-refractivity contribution in [3.8, 4) is 5.75 Å². The van der Waals surface area contributed by atoms with Gasteiger partial charge in [-0.2, -0.15) is 0 Å². The normalized spacial score (nSPS) is 28.6. The van der Waals surface area contributed by atoms with Gasteiger partial charge in [0.25, 0.3) is 0 Å². The highest BCUT2D eigenvalue weighted by atomic mass is 35.5. The van der Waals surface area contributed by atoms with Crippen molar-refractivity contribution in [2.45, 2.75) is 6.42 Å². The summed E-state index contributed by atoms with van der Waals surface area (Å²) in [5, 5.41) is 14.6. The number of carboxylic acids is 1. The molecule has 0 heterocycles. The SMILES string of the molecule is COc1ccc(Cl)cc1NC(=O)[C@H]1[C@@H](C(=O)[O-])[C@H]2C=C[C@H]1C2. The molecule has 3 rings (SSSR count). The number of rotatable bonds is 4. The van der Waals surface area contributed by atoms with Crippen molar-refractivity contribution in [3.05, 3.63) is 35.4 Å². The molecule has 0 radical (unpaired) electrons. The molecule has 4 atom stereocenters. The van der Waals surface area contributed by atoms with Crippen molar-refractivity contribution in [1.82, 2.24) is 0 Å².